The molecule has 3 rings (SSSR count). The summed E-state index contributed by atoms with van der Waals surface area (Å²) in [4.78, 5) is 23.2. The molecule has 1 aliphatic carbocycles. The molecule has 1 aliphatic heterocycles. The Morgan fingerprint density at radius 1 is 1.21 bits per heavy atom. The summed E-state index contributed by atoms with van der Waals surface area (Å²) in [6.07, 6.45) is 3.11. The van der Waals surface area contributed by atoms with E-state index >= 15 is 0 Å². The molecule has 29 heavy (non-hydrogen) atoms. The molecule has 0 unspecified atom stereocenters. The van der Waals surface area contributed by atoms with E-state index in [0.717, 1.165) is 51.2 Å². The molecule has 1 heterocycles. The number of nitrogens with one attached hydrogen (secondary N) is 1. The van der Waals surface area contributed by atoms with Gasteiger partial charge < -0.3 is 24.8 Å². The van der Waals surface area contributed by atoms with Crippen LogP contribution in [0.1, 0.15) is 19.3 Å². The van der Waals surface area contributed by atoms with Crippen LogP contribution in [0.25, 0.3) is 0 Å². The molecule has 1 saturated carbocycles. The zero-order valence-electron chi connectivity index (χ0n) is 17.8. The minimum Gasteiger partial charge on any atom is -0.379 e. The van der Waals surface area contributed by atoms with E-state index in [0.29, 0.717) is 19.6 Å². The molecule has 0 atom stereocenters. The Balaban J connectivity index is 1.31. The Morgan fingerprint density at radius 3 is 2.59 bits per heavy atom. The van der Waals surface area contributed by atoms with Gasteiger partial charge in [-0.3, -0.25) is 9.79 Å². The Morgan fingerprint density at radius 2 is 1.93 bits per heavy atom. The summed E-state index contributed by atoms with van der Waals surface area (Å²) in [6, 6.07) is 10.4. The summed E-state index contributed by atoms with van der Waals surface area (Å²) in [5.41, 5.74) is 1.23. The lowest BCUT2D eigenvalue weighted by atomic mass is 10.2. The zero-order chi connectivity index (χ0) is 20.5. The van der Waals surface area contributed by atoms with Crippen molar-refractivity contribution < 1.29 is 9.53 Å². The van der Waals surface area contributed by atoms with Crippen LogP contribution in [0.3, 0.4) is 0 Å². The van der Waals surface area contributed by atoms with E-state index in [9.17, 15) is 4.79 Å². The normalized spacial score (nSPS) is 17.4. The van der Waals surface area contributed by atoms with Gasteiger partial charge in [0.15, 0.2) is 5.96 Å². The van der Waals surface area contributed by atoms with Crippen molar-refractivity contribution in [2.24, 2.45) is 10.9 Å². The van der Waals surface area contributed by atoms with Crippen molar-refractivity contribution in [3.63, 3.8) is 0 Å². The minimum atomic E-state index is 0.205. The number of aliphatic imine (C=N–C) groups is 1. The predicted molar refractivity (Wildman–Crippen MR) is 117 cm³/mol. The van der Waals surface area contributed by atoms with Gasteiger partial charge >= 0.3 is 0 Å². The maximum Gasteiger partial charge on any atom is 0.224 e. The van der Waals surface area contributed by atoms with Gasteiger partial charge in [0.2, 0.25) is 5.91 Å². The van der Waals surface area contributed by atoms with E-state index in [2.05, 4.69) is 44.4 Å². The molecule has 1 aromatic rings. The number of likely N-dealkylation sites (N-methyl/N-ethyl adjacent to an activating group) is 1. The van der Waals surface area contributed by atoms with Gasteiger partial charge in [0.25, 0.3) is 0 Å². The number of anilines is 1. The highest BCUT2D eigenvalue weighted by molar-refractivity contribution is 5.81. The largest absolute Gasteiger partial charge is 0.379 e. The molecule has 2 fully saturated rings. The number of rotatable bonds is 9. The lowest BCUT2D eigenvalue weighted by molar-refractivity contribution is -0.131. The number of guanidine groups is 1. The van der Waals surface area contributed by atoms with Gasteiger partial charge in [0, 0.05) is 72.1 Å². The molecule has 1 aromatic carbocycles. The van der Waals surface area contributed by atoms with Crippen LogP contribution in [0.2, 0.25) is 0 Å². The summed E-state index contributed by atoms with van der Waals surface area (Å²) < 4.78 is 5.70. The molecule has 1 N–H and O–H groups in total. The highest BCUT2D eigenvalue weighted by atomic mass is 16.5. The Bertz CT molecular complexity index is 654. The van der Waals surface area contributed by atoms with E-state index in [1.54, 1.807) is 7.05 Å². The molecule has 0 aromatic heterocycles. The molecule has 0 bridgehead atoms. The fourth-order valence-electron chi connectivity index (χ4n) is 3.52. The van der Waals surface area contributed by atoms with Crippen molar-refractivity contribution in [1.82, 2.24) is 15.1 Å². The number of carbonyl (C=O) groups is 1. The molecule has 0 radical (unpaired) electrons. The monoisotopic (exact) mass is 401 g/mol. The maximum absolute atomic E-state index is 12.6. The van der Waals surface area contributed by atoms with E-state index in [1.165, 1.54) is 18.5 Å². The molecule has 0 spiro atoms. The van der Waals surface area contributed by atoms with Gasteiger partial charge in [-0.1, -0.05) is 18.2 Å². The summed E-state index contributed by atoms with van der Waals surface area (Å²) >= 11 is 0. The molecule has 2 aliphatic rings. The summed E-state index contributed by atoms with van der Waals surface area (Å²) in [5.74, 6) is 1.80. The number of hydrogen-bond acceptors (Lipinski definition) is 4. The number of piperazine rings is 1. The molecule has 1 amide bonds. The Kier molecular flexibility index (Phi) is 8.16. The van der Waals surface area contributed by atoms with Crippen LogP contribution in [0.15, 0.2) is 35.3 Å². The third kappa shape index (κ3) is 6.92. The topological polar surface area (TPSA) is 60.4 Å². The van der Waals surface area contributed by atoms with Crippen LogP contribution >= 0.6 is 0 Å². The molecular weight excluding hydrogens is 366 g/mol. The van der Waals surface area contributed by atoms with Crippen LogP contribution in [-0.2, 0) is 9.53 Å². The second kappa shape index (κ2) is 11.0. The fourth-order valence-corrected chi connectivity index (χ4v) is 3.52. The predicted octanol–water partition coefficient (Wildman–Crippen LogP) is 1.66. The van der Waals surface area contributed by atoms with Gasteiger partial charge in [-0.2, -0.15) is 0 Å². The van der Waals surface area contributed by atoms with Gasteiger partial charge in [0.05, 0.1) is 6.61 Å². The molecule has 7 heteroatoms. The first-order valence-electron chi connectivity index (χ1n) is 10.7. The molecule has 1 saturated heterocycles. The summed E-state index contributed by atoms with van der Waals surface area (Å²) in [5, 5.41) is 3.30. The van der Waals surface area contributed by atoms with Crippen molar-refractivity contribution in [3.8, 4) is 0 Å². The lowest BCUT2D eigenvalue weighted by Gasteiger charge is -2.36. The highest BCUT2D eigenvalue weighted by Crippen LogP contribution is 2.28. The second-order valence-corrected chi connectivity index (χ2v) is 7.87. The van der Waals surface area contributed by atoms with Crippen LogP contribution in [0.5, 0.6) is 0 Å². The summed E-state index contributed by atoms with van der Waals surface area (Å²) in [6.45, 7) is 6.30. The average Bonchev–Trinajstić information content (AvgIpc) is 3.59. The van der Waals surface area contributed by atoms with Crippen LogP contribution < -0.4 is 10.2 Å². The van der Waals surface area contributed by atoms with Gasteiger partial charge in [-0.05, 0) is 30.9 Å². The van der Waals surface area contributed by atoms with Gasteiger partial charge in [0.1, 0.15) is 0 Å². The third-order valence-electron chi connectivity index (χ3n) is 5.57. The standard InChI is InChI=1S/C22H35N5O2/c1-23-22(25(2)16-17-29-18-19-8-9-19)24-11-10-21(28)27-14-12-26(13-15-27)20-6-4-3-5-7-20/h3-7,19H,8-18H2,1-2H3,(H,23,24). The van der Waals surface area contributed by atoms with E-state index < -0.39 is 0 Å². The van der Waals surface area contributed by atoms with E-state index in [1.807, 2.05) is 18.0 Å². The Labute approximate surface area is 174 Å². The first kappa shape index (κ1) is 21.4. The first-order valence-corrected chi connectivity index (χ1v) is 10.7. The van der Waals surface area contributed by atoms with Gasteiger partial charge in [-0.25, -0.2) is 0 Å². The van der Waals surface area contributed by atoms with Crippen molar-refractivity contribution in [2.75, 3.05) is 71.5 Å². The first-order chi connectivity index (χ1) is 14.2. The Hall–Kier alpha value is -2.28. The van der Waals surface area contributed by atoms with Gasteiger partial charge in [-0.15, -0.1) is 0 Å². The van der Waals surface area contributed by atoms with E-state index in [-0.39, 0.29) is 5.91 Å². The number of benzene rings is 1. The van der Waals surface area contributed by atoms with Crippen molar-refractivity contribution in [2.45, 2.75) is 19.3 Å². The van der Waals surface area contributed by atoms with Crippen LogP contribution in [-0.4, -0.2) is 88.2 Å². The van der Waals surface area contributed by atoms with Crippen molar-refractivity contribution >= 4 is 17.6 Å². The van der Waals surface area contributed by atoms with E-state index in [4.69, 9.17) is 4.74 Å². The quantitative estimate of drug-likeness (QED) is 0.387. The maximum atomic E-state index is 12.6. The number of amides is 1. The second-order valence-electron chi connectivity index (χ2n) is 7.87. The highest BCUT2D eigenvalue weighted by Gasteiger charge is 2.22. The molecule has 7 nitrogen and oxygen atoms in total. The third-order valence-corrected chi connectivity index (χ3v) is 5.57. The molecule has 160 valence electrons. The number of carbonyl (C=O) groups excluding carboxylic acids is 1. The number of ether oxygens (including phenoxy) is 1. The van der Waals surface area contributed by atoms with Crippen molar-refractivity contribution in [3.05, 3.63) is 30.3 Å². The molecular formula is C22H35N5O2. The van der Waals surface area contributed by atoms with Crippen LogP contribution in [0.4, 0.5) is 5.69 Å². The van der Waals surface area contributed by atoms with Crippen molar-refractivity contribution in [1.29, 1.82) is 0 Å². The SMILES string of the molecule is CN=C(NCCC(=O)N1CCN(c2ccccc2)CC1)N(C)CCOCC1CC1. The number of nitrogens with zero attached hydrogens (tertiary/aromatic N) is 4. The number of para-hydroxylation sites is 1. The average molecular weight is 402 g/mol. The number of hydrogen-bond donors (Lipinski definition) is 1. The fraction of sp³-hybridized carbons (Fsp3) is 0.636. The smallest absolute Gasteiger partial charge is 0.224 e. The lowest BCUT2D eigenvalue weighted by Crippen LogP contribution is -2.49. The zero-order valence-corrected chi connectivity index (χ0v) is 17.8. The summed E-state index contributed by atoms with van der Waals surface area (Å²) in [7, 11) is 3.77. The van der Waals surface area contributed by atoms with Crippen LogP contribution in [0, 0.1) is 5.92 Å². The minimum absolute atomic E-state index is 0.205.